The third kappa shape index (κ3) is 2.26. The molecule has 0 aliphatic carbocycles. The van der Waals surface area contributed by atoms with Gasteiger partial charge >= 0.3 is 0 Å². The molecule has 0 spiro atoms. The summed E-state index contributed by atoms with van der Waals surface area (Å²) in [5.41, 5.74) is 0.775. The molecule has 1 atom stereocenters. The fourth-order valence-electron chi connectivity index (χ4n) is 1.47. The molecule has 84 valence electrons. The van der Waals surface area contributed by atoms with E-state index in [4.69, 9.17) is 26.3 Å². The Morgan fingerprint density at radius 2 is 2.12 bits per heavy atom. The van der Waals surface area contributed by atoms with Crippen LogP contribution in [-0.4, -0.2) is 13.2 Å². The molecule has 0 N–H and O–H groups in total. The average molecular weight is 303 g/mol. The largest absolute Gasteiger partial charge is 0.489 e. The minimum atomic E-state index is -0.387. The summed E-state index contributed by atoms with van der Waals surface area (Å²) in [5, 5.41) is 9.31. The highest BCUT2D eigenvalue weighted by atomic mass is 79.9. The predicted molar refractivity (Wildman–Crippen MR) is 64.3 cm³/mol. The molecule has 0 aromatic heterocycles. The number of nitrogens with zero attached hydrogens (tertiary/aromatic N) is 1. The minimum Gasteiger partial charge on any atom is -0.489 e. The average Bonchev–Trinajstić information content (AvgIpc) is 2.53. The van der Waals surface area contributed by atoms with Gasteiger partial charge in [-0.3, -0.25) is 0 Å². The first-order valence-corrected chi connectivity index (χ1v) is 6.14. The first kappa shape index (κ1) is 11.6. The lowest BCUT2D eigenvalue weighted by Crippen LogP contribution is -1.97. The van der Waals surface area contributed by atoms with Gasteiger partial charge < -0.3 is 9.47 Å². The van der Waals surface area contributed by atoms with Gasteiger partial charge in [-0.15, -0.1) is 0 Å². The molecule has 0 amide bonds. The van der Waals surface area contributed by atoms with Crippen molar-refractivity contribution in [1.29, 1.82) is 5.26 Å². The number of alkyl halides is 1. The molecule has 1 aromatic carbocycles. The molecule has 3 nitrogen and oxygen atoms in total. The van der Waals surface area contributed by atoms with Crippen LogP contribution in [0.2, 0.25) is 5.02 Å². The Bertz CT molecular complexity index is 444. The van der Waals surface area contributed by atoms with E-state index in [2.05, 4.69) is 22.0 Å². The number of fused-ring (bicyclic) bond motifs is 1. The monoisotopic (exact) mass is 301 g/mol. The SMILES string of the molecule is N#CC(Br)c1cc(Cl)c2c(c1)OCCCO2. The van der Waals surface area contributed by atoms with Crippen LogP contribution in [0.4, 0.5) is 0 Å². The second-order valence-electron chi connectivity index (χ2n) is 3.37. The van der Waals surface area contributed by atoms with Gasteiger partial charge in [0, 0.05) is 6.42 Å². The number of halogens is 2. The quantitative estimate of drug-likeness (QED) is 0.746. The molecule has 1 aliphatic rings. The number of nitriles is 1. The number of benzene rings is 1. The lowest BCUT2D eigenvalue weighted by Gasteiger charge is -2.11. The van der Waals surface area contributed by atoms with Crippen molar-refractivity contribution in [1.82, 2.24) is 0 Å². The lowest BCUT2D eigenvalue weighted by molar-refractivity contribution is 0.297. The molecule has 1 aliphatic heterocycles. The first-order valence-electron chi connectivity index (χ1n) is 4.85. The van der Waals surface area contributed by atoms with E-state index in [0.717, 1.165) is 12.0 Å². The van der Waals surface area contributed by atoms with Crippen molar-refractivity contribution in [3.63, 3.8) is 0 Å². The topological polar surface area (TPSA) is 42.2 Å². The van der Waals surface area contributed by atoms with Gasteiger partial charge in [0.15, 0.2) is 11.5 Å². The van der Waals surface area contributed by atoms with Crippen LogP contribution >= 0.6 is 27.5 Å². The zero-order chi connectivity index (χ0) is 11.5. The van der Waals surface area contributed by atoms with Crippen LogP contribution in [0, 0.1) is 11.3 Å². The van der Waals surface area contributed by atoms with Crippen LogP contribution in [0.1, 0.15) is 16.8 Å². The molecule has 0 saturated heterocycles. The van der Waals surface area contributed by atoms with Gasteiger partial charge in [-0.25, -0.2) is 0 Å². The summed E-state index contributed by atoms with van der Waals surface area (Å²) in [6.07, 6.45) is 0.830. The molecule has 16 heavy (non-hydrogen) atoms. The Hall–Kier alpha value is -0.920. The molecule has 2 rings (SSSR count). The first-order chi connectivity index (χ1) is 7.72. The van der Waals surface area contributed by atoms with Crippen LogP contribution in [0.3, 0.4) is 0 Å². The van der Waals surface area contributed by atoms with E-state index >= 15 is 0 Å². The summed E-state index contributed by atoms with van der Waals surface area (Å²) in [5.74, 6) is 1.18. The Balaban J connectivity index is 2.44. The van der Waals surface area contributed by atoms with Gasteiger partial charge in [-0.2, -0.15) is 5.26 Å². The van der Waals surface area contributed by atoms with Gasteiger partial charge in [-0.05, 0) is 17.7 Å². The Labute approximate surface area is 107 Å². The minimum absolute atomic E-state index is 0.387. The van der Waals surface area contributed by atoms with Crippen LogP contribution in [0.15, 0.2) is 12.1 Å². The number of hydrogen-bond acceptors (Lipinski definition) is 3. The van der Waals surface area contributed by atoms with Crippen molar-refractivity contribution in [2.24, 2.45) is 0 Å². The van der Waals surface area contributed by atoms with Crippen molar-refractivity contribution < 1.29 is 9.47 Å². The summed E-state index contributed by atoms with van der Waals surface area (Å²) in [4.78, 5) is -0.387. The molecule has 1 aromatic rings. The summed E-state index contributed by atoms with van der Waals surface area (Å²) in [6, 6.07) is 5.60. The maximum Gasteiger partial charge on any atom is 0.179 e. The van der Waals surface area contributed by atoms with E-state index < -0.39 is 0 Å². The summed E-state index contributed by atoms with van der Waals surface area (Å²) >= 11 is 9.34. The van der Waals surface area contributed by atoms with E-state index in [1.165, 1.54) is 0 Å². The molecule has 1 heterocycles. The van der Waals surface area contributed by atoms with Crippen molar-refractivity contribution in [3.8, 4) is 17.6 Å². The second kappa shape index (κ2) is 4.94. The van der Waals surface area contributed by atoms with Crippen LogP contribution in [0.5, 0.6) is 11.5 Å². The molecule has 0 saturated carbocycles. The zero-order valence-corrected chi connectivity index (χ0v) is 10.7. The highest BCUT2D eigenvalue weighted by Gasteiger charge is 2.18. The molecular formula is C11H9BrClNO2. The predicted octanol–water partition coefficient (Wildman–Crippen LogP) is 3.46. The molecular weight excluding hydrogens is 293 g/mol. The van der Waals surface area contributed by atoms with Crippen molar-refractivity contribution in [3.05, 3.63) is 22.7 Å². The maximum atomic E-state index is 8.83. The molecule has 0 fully saturated rings. The Morgan fingerprint density at radius 3 is 2.88 bits per heavy atom. The van der Waals surface area contributed by atoms with Gasteiger partial charge in [0.05, 0.1) is 24.3 Å². The zero-order valence-electron chi connectivity index (χ0n) is 8.37. The van der Waals surface area contributed by atoms with Gasteiger partial charge in [0.1, 0.15) is 4.83 Å². The van der Waals surface area contributed by atoms with Crippen molar-refractivity contribution >= 4 is 27.5 Å². The summed E-state index contributed by atoms with van der Waals surface area (Å²) in [7, 11) is 0. The van der Waals surface area contributed by atoms with E-state index in [-0.39, 0.29) is 4.83 Å². The summed E-state index contributed by atoms with van der Waals surface area (Å²) in [6.45, 7) is 1.20. The standard InChI is InChI=1S/C11H9BrClNO2/c12-8(6-14)7-4-9(13)11-10(5-7)15-2-1-3-16-11/h4-5,8H,1-3H2. The van der Waals surface area contributed by atoms with Gasteiger partial charge in [-0.1, -0.05) is 27.5 Å². The van der Waals surface area contributed by atoms with Crippen LogP contribution in [-0.2, 0) is 0 Å². The molecule has 0 bridgehead atoms. The van der Waals surface area contributed by atoms with Gasteiger partial charge in [0.2, 0.25) is 0 Å². The summed E-state index contributed by atoms with van der Waals surface area (Å²) < 4.78 is 11.0. The normalized spacial score (nSPS) is 16.1. The third-order valence-corrected chi connectivity index (χ3v) is 3.24. The number of hydrogen-bond donors (Lipinski definition) is 0. The van der Waals surface area contributed by atoms with E-state index in [1.54, 1.807) is 12.1 Å². The van der Waals surface area contributed by atoms with E-state index in [1.807, 2.05) is 0 Å². The fraction of sp³-hybridized carbons (Fsp3) is 0.364. The van der Waals surface area contributed by atoms with Crippen molar-refractivity contribution in [2.75, 3.05) is 13.2 Å². The molecule has 1 unspecified atom stereocenters. The van der Waals surface area contributed by atoms with Crippen LogP contribution < -0.4 is 9.47 Å². The molecule has 5 heteroatoms. The second-order valence-corrected chi connectivity index (χ2v) is 4.69. The van der Waals surface area contributed by atoms with Crippen LogP contribution in [0.25, 0.3) is 0 Å². The number of ether oxygens (including phenoxy) is 2. The highest BCUT2D eigenvalue weighted by molar-refractivity contribution is 9.09. The fourth-order valence-corrected chi connectivity index (χ4v) is 2.01. The van der Waals surface area contributed by atoms with E-state index in [0.29, 0.717) is 29.7 Å². The maximum absolute atomic E-state index is 8.83. The van der Waals surface area contributed by atoms with Crippen molar-refractivity contribution in [2.45, 2.75) is 11.2 Å². The molecule has 0 radical (unpaired) electrons. The third-order valence-electron chi connectivity index (χ3n) is 2.23. The Morgan fingerprint density at radius 1 is 1.38 bits per heavy atom. The van der Waals surface area contributed by atoms with E-state index in [9.17, 15) is 0 Å². The Kier molecular flexibility index (Phi) is 3.57. The smallest absolute Gasteiger partial charge is 0.179 e. The van der Waals surface area contributed by atoms with Gasteiger partial charge in [0.25, 0.3) is 0 Å². The lowest BCUT2D eigenvalue weighted by atomic mass is 10.1. The number of rotatable bonds is 1. The highest BCUT2D eigenvalue weighted by Crippen LogP contribution is 2.40.